The van der Waals surface area contributed by atoms with Gasteiger partial charge in [0.05, 0.1) is 22.6 Å². The maximum absolute atomic E-state index is 12.7. The average molecular weight is 379 g/mol. The smallest absolute Gasteiger partial charge is 0.322 e. The van der Waals surface area contributed by atoms with Crippen LogP contribution >= 0.6 is 11.3 Å². The predicted octanol–water partition coefficient (Wildman–Crippen LogP) is 4.73. The number of hydrogen-bond acceptors (Lipinski definition) is 5. The molecule has 138 valence electrons. The maximum atomic E-state index is 12.7. The summed E-state index contributed by atoms with van der Waals surface area (Å²) in [6.07, 6.45) is -0.0394. The van der Waals surface area contributed by atoms with Crippen molar-refractivity contribution in [1.82, 2.24) is 9.88 Å². The van der Waals surface area contributed by atoms with Gasteiger partial charge in [-0.25, -0.2) is 9.78 Å². The number of nitrogens with one attached hydrogen (secondary N) is 3. The van der Waals surface area contributed by atoms with E-state index in [-0.39, 0.29) is 12.2 Å². The zero-order valence-corrected chi connectivity index (χ0v) is 15.8. The van der Waals surface area contributed by atoms with Gasteiger partial charge in [0.25, 0.3) is 0 Å². The van der Waals surface area contributed by atoms with Crippen LogP contribution in [0, 0.1) is 0 Å². The van der Waals surface area contributed by atoms with Crippen LogP contribution in [0.4, 0.5) is 21.9 Å². The number of benzene rings is 2. The molecule has 1 aliphatic heterocycles. The second kappa shape index (κ2) is 7.67. The van der Waals surface area contributed by atoms with E-state index in [1.165, 1.54) is 0 Å². The van der Waals surface area contributed by atoms with Crippen molar-refractivity contribution in [2.24, 2.45) is 0 Å². The van der Waals surface area contributed by atoms with Crippen LogP contribution in [-0.2, 0) is 6.54 Å². The number of carbonyl (C=O) groups is 1. The molecule has 2 heterocycles. The summed E-state index contributed by atoms with van der Waals surface area (Å²) >= 11 is 1.57. The number of hydrogen-bond donors (Lipinski definition) is 3. The van der Waals surface area contributed by atoms with E-state index in [1.54, 1.807) is 16.2 Å². The number of amides is 2. The lowest BCUT2D eigenvalue weighted by Crippen LogP contribution is -2.34. The van der Waals surface area contributed by atoms with E-state index in [2.05, 4.69) is 20.9 Å². The molecule has 0 saturated heterocycles. The highest BCUT2D eigenvalue weighted by molar-refractivity contribution is 7.07. The number of urea groups is 1. The van der Waals surface area contributed by atoms with E-state index in [4.69, 9.17) is 0 Å². The van der Waals surface area contributed by atoms with Gasteiger partial charge in [-0.1, -0.05) is 30.3 Å². The first-order chi connectivity index (χ1) is 13.2. The van der Waals surface area contributed by atoms with Crippen molar-refractivity contribution in [2.75, 3.05) is 22.5 Å². The molecule has 27 heavy (non-hydrogen) atoms. The van der Waals surface area contributed by atoms with Crippen LogP contribution in [0.15, 0.2) is 59.4 Å². The fraction of sp³-hybridized carbons (Fsp3) is 0.200. The van der Waals surface area contributed by atoms with Crippen LogP contribution in [0.2, 0.25) is 0 Å². The number of nitrogens with zero attached hydrogens (tertiary/aromatic N) is 2. The molecular formula is C20H21N5OS. The molecule has 2 amide bonds. The number of aromatic nitrogens is 1. The molecule has 3 N–H and O–H groups in total. The van der Waals surface area contributed by atoms with Crippen molar-refractivity contribution in [2.45, 2.75) is 19.6 Å². The Balaban J connectivity index is 1.43. The Bertz CT molecular complexity index is 913. The third-order valence-corrected chi connectivity index (χ3v) is 5.11. The Morgan fingerprint density at radius 3 is 2.74 bits per heavy atom. The highest BCUT2D eigenvalue weighted by atomic mass is 32.1. The van der Waals surface area contributed by atoms with Gasteiger partial charge in [0, 0.05) is 24.2 Å². The van der Waals surface area contributed by atoms with E-state index in [9.17, 15) is 4.79 Å². The minimum absolute atomic E-state index is 0.0394. The molecule has 1 unspecified atom stereocenters. The molecule has 0 bridgehead atoms. The lowest BCUT2D eigenvalue weighted by Gasteiger charge is -2.21. The minimum Gasteiger partial charge on any atom is -0.359 e. The molecule has 0 saturated carbocycles. The average Bonchev–Trinajstić information content (AvgIpc) is 3.36. The second-order valence-electron chi connectivity index (χ2n) is 6.33. The number of anilines is 3. The molecule has 1 atom stereocenters. The Kier molecular flexibility index (Phi) is 4.93. The summed E-state index contributed by atoms with van der Waals surface area (Å²) in [7, 11) is 0. The van der Waals surface area contributed by atoms with E-state index < -0.39 is 0 Å². The first kappa shape index (κ1) is 17.4. The van der Waals surface area contributed by atoms with Crippen molar-refractivity contribution in [3.05, 3.63) is 70.7 Å². The van der Waals surface area contributed by atoms with E-state index >= 15 is 0 Å². The van der Waals surface area contributed by atoms with Crippen molar-refractivity contribution >= 4 is 34.4 Å². The molecule has 0 radical (unpaired) electrons. The molecule has 1 aliphatic rings. The summed E-state index contributed by atoms with van der Waals surface area (Å²) in [4.78, 5) is 18.8. The van der Waals surface area contributed by atoms with Gasteiger partial charge in [0.15, 0.2) is 0 Å². The summed E-state index contributed by atoms with van der Waals surface area (Å²) in [5.74, 6) is 0. The molecule has 7 heteroatoms. The van der Waals surface area contributed by atoms with Gasteiger partial charge in [-0.2, -0.15) is 0 Å². The molecule has 6 nitrogen and oxygen atoms in total. The second-order valence-corrected chi connectivity index (χ2v) is 7.04. The normalized spacial score (nSPS) is 14.8. The summed E-state index contributed by atoms with van der Waals surface area (Å²) in [5.41, 5.74) is 6.61. The van der Waals surface area contributed by atoms with E-state index in [0.29, 0.717) is 13.1 Å². The van der Waals surface area contributed by atoms with Crippen LogP contribution in [0.25, 0.3) is 0 Å². The van der Waals surface area contributed by atoms with Crippen LogP contribution in [-0.4, -0.2) is 22.5 Å². The fourth-order valence-corrected chi connectivity index (χ4v) is 3.64. The third-order valence-electron chi connectivity index (χ3n) is 4.50. The monoisotopic (exact) mass is 379 g/mol. The topological polar surface area (TPSA) is 69.3 Å². The lowest BCUT2D eigenvalue weighted by atomic mass is 10.2. The molecule has 0 fully saturated rings. The Labute approximate surface area is 162 Å². The third kappa shape index (κ3) is 3.88. The number of rotatable bonds is 5. The van der Waals surface area contributed by atoms with Crippen LogP contribution in [0.5, 0.6) is 0 Å². The van der Waals surface area contributed by atoms with Gasteiger partial charge in [0.2, 0.25) is 0 Å². The molecule has 0 aliphatic carbocycles. The summed E-state index contributed by atoms with van der Waals surface area (Å²) in [6, 6.07) is 15.7. The van der Waals surface area contributed by atoms with Gasteiger partial charge >= 0.3 is 6.03 Å². The van der Waals surface area contributed by atoms with Crippen LogP contribution in [0.3, 0.4) is 0 Å². The molecule has 0 spiro atoms. The van der Waals surface area contributed by atoms with Gasteiger partial charge in [0.1, 0.15) is 6.17 Å². The van der Waals surface area contributed by atoms with E-state index in [0.717, 1.165) is 28.3 Å². The zero-order valence-electron chi connectivity index (χ0n) is 15.0. The molecule has 3 aromatic rings. The predicted molar refractivity (Wildman–Crippen MR) is 110 cm³/mol. The first-order valence-electron chi connectivity index (χ1n) is 8.88. The quantitative estimate of drug-likeness (QED) is 0.599. The molecule has 4 rings (SSSR count). The van der Waals surface area contributed by atoms with E-state index in [1.807, 2.05) is 66.3 Å². The Morgan fingerprint density at radius 1 is 1.19 bits per heavy atom. The SMILES string of the molecule is CCN(Cc1ccccc1)C(=O)Nc1ccc2c(c1)NC(c1cscn1)N2. The van der Waals surface area contributed by atoms with Crippen molar-refractivity contribution < 1.29 is 4.79 Å². The fourth-order valence-electron chi connectivity index (χ4n) is 3.06. The largest absolute Gasteiger partial charge is 0.359 e. The Hall–Kier alpha value is -3.06. The van der Waals surface area contributed by atoms with Gasteiger partial charge in [-0.15, -0.1) is 11.3 Å². The van der Waals surface area contributed by atoms with Crippen LogP contribution in [0.1, 0.15) is 24.3 Å². The van der Waals surface area contributed by atoms with Gasteiger partial charge < -0.3 is 20.9 Å². The minimum atomic E-state index is -0.108. The Morgan fingerprint density at radius 2 is 2.00 bits per heavy atom. The van der Waals surface area contributed by atoms with Gasteiger partial charge in [-0.3, -0.25) is 0 Å². The number of fused-ring (bicyclic) bond motifs is 1. The summed E-state index contributed by atoms with van der Waals surface area (Å²) in [5, 5.41) is 11.8. The maximum Gasteiger partial charge on any atom is 0.322 e. The molecule has 1 aromatic heterocycles. The lowest BCUT2D eigenvalue weighted by molar-refractivity contribution is 0.212. The summed E-state index contributed by atoms with van der Waals surface area (Å²) < 4.78 is 0. The molecular weight excluding hydrogens is 358 g/mol. The first-order valence-corrected chi connectivity index (χ1v) is 9.82. The van der Waals surface area contributed by atoms with Crippen molar-refractivity contribution in [1.29, 1.82) is 0 Å². The molecule has 2 aromatic carbocycles. The van der Waals surface area contributed by atoms with Gasteiger partial charge in [-0.05, 0) is 30.7 Å². The highest BCUT2D eigenvalue weighted by Gasteiger charge is 2.23. The standard InChI is InChI=1S/C20H21N5OS/c1-2-25(11-14-6-4-3-5-7-14)20(26)22-15-8-9-16-17(10-15)24-19(23-16)18-12-27-13-21-18/h3-10,12-13,19,23-24H,2,11H2,1H3,(H,22,26). The van der Waals surface area contributed by atoms with Crippen molar-refractivity contribution in [3.63, 3.8) is 0 Å². The zero-order chi connectivity index (χ0) is 18.6. The number of carbonyl (C=O) groups excluding carboxylic acids is 1. The summed E-state index contributed by atoms with van der Waals surface area (Å²) in [6.45, 7) is 3.20. The highest BCUT2D eigenvalue weighted by Crippen LogP contribution is 2.36. The van der Waals surface area contributed by atoms with Crippen molar-refractivity contribution in [3.8, 4) is 0 Å². The number of thiazole rings is 1. The van der Waals surface area contributed by atoms with Crippen LogP contribution < -0.4 is 16.0 Å².